The largest absolute Gasteiger partial charge is 0.419 e. The van der Waals surface area contributed by atoms with Crippen LogP contribution in [0.4, 0.5) is 17.6 Å². The average molecular weight is 290 g/mol. The minimum Gasteiger partial charge on any atom is -0.329 e. The van der Waals surface area contributed by atoms with E-state index >= 15 is 0 Å². The predicted octanol–water partition coefficient (Wildman–Crippen LogP) is 3.33. The molecule has 6 heteroatoms. The van der Waals surface area contributed by atoms with Crippen molar-refractivity contribution in [3.63, 3.8) is 0 Å². The van der Waals surface area contributed by atoms with Crippen molar-refractivity contribution < 1.29 is 17.6 Å². The molecule has 2 atom stereocenters. The van der Waals surface area contributed by atoms with E-state index in [1.54, 1.807) is 0 Å². The number of nitrogens with two attached hydrogens (primary N) is 1. The van der Waals surface area contributed by atoms with Crippen LogP contribution in [0.5, 0.6) is 0 Å². The molecule has 1 aromatic carbocycles. The van der Waals surface area contributed by atoms with Crippen molar-refractivity contribution in [2.75, 3.05) is 13.1 Å². The van der Waals surface area contributed by atoms with Crippen molar-refractivity contribution in [1.82, 2.24) is 4.90 Å². The Bertz CT molecular complexity index is 473. The van der Waals surface area contributed by atoms with E-state index in [2.05, 4.69) is 4.90 Å². The smallest absolute Gasteiger partial charge is 0.329 e. The lowest BCUT2D eigenvalue weighted by atomic mass is 10.0. The zero-order chi connectivity index (χ0) is 14.9. The molecular formula is C14H18F4N2. The first-order valence-electron chi connectivity index (χ1n) is 6.67. The molecule has 1 saturated heterocycles. The monoisotopic (exact) mass is 290 g/mol. The van der Waals surface area contributed by atoms with E-state index in [9.17, 15) is 17.6 Å². The normalized spacial score (nSPS) is 22.2. The average Bonchev–Trinajstić information content (AvgIpc) is 2.77. The molecule has 0 spiro atoms. The summed E-state index contributed by atoms with van der Waals surface area (Å²) in [4.78, 5) is 2.09. The fraction of sp³-hybridized carbons (Fsp3) is 0.571. The van der Waals surface area contributed by atoms with Gasteiger partial charge in [0.2, 0.25) is 0 Å². The quantitative estimate of drug-likeness (QED) is 0.865. The third kappa shape index (κ3) is 2.96. The molecule has 1 heterocycles. The minimum atomic E-state index is -4.68. The van der Waals surface area contributed by atoms with Gasteiger partial charge in [0.25, 0.3) is 0 Å². The molecule has 20 heavy (non-hydrogen) atoms. The van der Waals surface area contributed by atoms with E-state index in [4.69, 9.17) is 5.73 Å². The van der Waals surface area contributed by atoms with Crippen LogP contribution >= 0.6 is 0 Å². The van der Waals surface area contributed by atoms with Crippen molar-refractivity contribution in [1.29, 1.82) is 0 Å². The molecular weight excluding hydrogens is 272 g/mol. The number of nitrogens with zero attached hydrogens (tertiary/aromatic N) is 1. The van der Waals surface area contributed by atoms with Crippen molar-refractivity contribution in [3.05, 3.63) is 35.1 Å². The van der Waals surface area contributed by atoms with Crippen LogP contribution in [0.3, 0.4) is 0 Å². The third-order valence-corrected chi connectivity index (χ3v) is 3.91. The van der Waals surface area contributed by atoms with E-state index in [1.165, 1.54) is 6.07 Å². The van der Waals surface area contributed by atoms with Crippen LogP contribution in [0.25, 0.3) is 0 Å². The Hall–Kier alpha value is -1.14. The van der Waals surface area contributed by atoms with Crippen molar-refractivity contribution >= 4 is 0 Å². The maximum atomic E-state index is 13.3. The summed E-state index contributed by atoms with van der Waals surface area (Å²) in [6.45, 7) is 3.05. The van der Waals surface area contributed by atoms with Gasteiger partial charge in [0, 0.05) is 18.6 Å². The molecule has 0 amide bonds. The number of alkyl halides is 3. The molecule has 0 saturated carbocycles. The van der Waals surface area contributed by atoms with Crippen LogP contribution in [-0.2, 0) is 6.18 Å². The summed E-state index contributed by atoms with van der Waals surface area (Å²) in [5, 5.41) is 0. The van der Waals surface area contributed by atoms with Crippen molar-refractivity contribution in [2.45, 2.75) is 38.0 Å². The minimum absolute atomic E-state index is 0.216. The lowest BCUT2D eigenvalue weighted by Gasteiger charge is -2.31. The molecule has 2 N–H and O–H groups in total. The summed E-state index contributed by atoms with van der Waals surface area (Å²) in [6, 6.07) is 3.14. The molecule has 0 bridgehead atoms. The number of hydrogen-bond acceptors (Lipinski definition) is 2. The lowest BCUT2D eigenvalue weighted by Crippen LogP contribution is -2.36. The Morgan fingerprint density at radius 3 is 2.60 bits per heavy atom. The van der Waals surface area contributed by atoms with Gasteiger partial charge in [-0.25, -0.2) is 4.39 Å². The molecule has 112 valence electrons. The van der Waals surface area contributed by atoms with E-state index in [0.717, 1.165) is 31.5 Å². The van der Waals surface area contributed by atoms with Crippen molar-refractivity contribution in [3.8, 4) is 0 Å². The van der Waals surface area contributed by atoms with Gasteiger partial charge < -0.3 is 5.73 Å². The topological polar surface area (TPSA) is 29.3 Å². The van der Waals surface area contributed by atoms with Gasteiger partial charge in [0.05, 0.1) is 5.56 Å². The second kappa shape index (κ2) is 5.69. The first kappa shape index (κ1) is 15.3. The van der Waals surface area contributed by atoms with Crippen LogP contribution < -0.4 is 5.73 Å². The zero-order valence-electron chi connectivity index (χ0n) is 11.3. The van der Waals surface area contributed by atoms with Crippen LogP contribution in [0, 0.1) is 5.82 Å². The summed E-state index contributed by atoms with van der Waals surface area (Å²) in [7, 11) is 0. The van der Waals surface area contributed by atoms with Gasteiger partial charge in [-0.15, -0.1) is 0 Å². The molecule has 2 nitrogen and oxygen atoms in total. The Labute approximate surface area is 115 Å². The summed E-state index contributed by atoms with van der Waals surface area (Å²) < 4.78 is 51.6. The van der Waals surface area contributed by atoms with Crippen molar-refractivity contribution in [2.24, 2.45) is 5.73 Å². The van der Waals surface area contributed by atoms with Gasteiger partial charge in [0.1, 0.15) is 5.82 Å². The summed E-state index contributed by atoms with van der Waals surface area (Å²) >= 11 is 0. The predicted molar refractivity (Wildman–Crippen MR) is 68.6 cm³/mol. The molecule has 0 aromatic heterocycles. The van der Waals surface area contributed by atoms with Gasteiger partial charge in [-0.3, -0.25) is 4.90 Å². The first-order chi connectivity index (χ1) is 9.34. The SMILES string of the molecule is CC1CCCN1C(CN)c1ccc(F)c(C(F)(F)F)c1. The van der Waals surface area contributed by atoms with E-state index in [0.29, 0.717) is 5.56 Å². The summed E-state index contributed by atoms with van der Waals surface area (Å²) in [5.74, 6) is -1.24. The zero-order valence-corrected chi connectivity index (χ0v) is 11.3. The number of rotatable bonds is 3. The van der Waals surface area contributed by atoms with Crippen LogP contribution in [0.15, 0.2) is 18.2 Å². The van der Waals surface area contributed by atoms with E-state index in [1.807, 2.05) is 6.92 Å². The van der Waals surface area contributed by atoms with Gasteiger partial charge in [-0.2, -0.15) is 13.2 Å². The highest BCUT2D eigenvalue weighted by atomic mass is 19.4. The second-order valence-corrected chi connectivity index (χ2v) is 5.22. The van der Waals surface area contributed by atoms with Crippen LogP contribution in [0.2, 0.25) is 0 Å². The fourth-order valence-corrected chi connectivity index (χ4v) is 2.85. The number of halogens is 4. The molecule has 1 fully saturated rings. The Kier molecular flexibility index (Phi) is 4.34. The van der Waals surface area contributed by atoms with Gasteiger partial charge in [0.15, 0.2) is 0 Å². The maximum Gasteiger partial charge on any atom is 0.419 e. The fourth-order valence-electron chi connectivity index (χ4n) is 2.85. The lowest BCUT2D eigenvalue weighted by molar-refractivity contribution is -0.140. The molecule has 1 aromatic rings. The molecule has 2 unspecified atom stereocenters. The molecule has 0 aliphatic carbocycles. The van der Waals surface area contributed by atoms with E-state index in [-0.39, 0.29) is 18.6 Å². The van der Waals surface area contributed by atoms with Gasteiger partial charge >= 0.3 is 6.18 Å². The highest BCUT2D eigenvalue weighted by Crippen LogP contribution is 2.35. The molecule has 1 aliphatic heterocycles. The number of hydrogen-bond donors (Lipinski definition) is 1. The Morgan fingerprint density at radius 2 is 2.10 bits per heavy atom. The Balaban J connectivity index is 2.35. The van der Waals surface area contributed by atoms with Gasteiger partial charge in [-0.1, -0.05) is 6.07 Å². The van der Waals surface area contributed by atoms with Crippen LogP contribution in [0.1, 0.15) is 36.9 Å². The molecule has 2 rings (SSSR count). The highest BCUT2D eigenvalue weighted by molar-refractivity contribution is 5.30. The summed E-state index contributed by atoms with van der Waals surface area (Å²) in [6.07, 6.45) is -2.68. The number of benzene rings is 1. The highest BCUT2D eigenvalue weighted by Gasteiger charge is 2.36. The second-order valence-electron chi connectivity index (χ2n) is 5.22. The third-order valence-electron chi connectivity index (χ3n) is 3.91. The maximum absolute atomic E-state index is 13.3. The van der Waals surface area contributed by atoms with Gasteiger partial charge in [-0.05, 0) is 44.0 Å². The van der Waals surface area contributed by atoms with Crippen LogP contribution in [-0.4, -0.2) is 24.0 Å². The number of likely N-dealkylation sites (tertiary alicyclic amines) is 1. The first-order valence-corrected chi connectivity index (χ1v) is 6.67. The Morgan fingerprint density at radius 1 is 1.40 bits per heavy atom. The van der Waals surface area contributed by atoms with E-state index < -0.39 is 17.6 Å². The molecule has 0 radical (unpaired) electrons. The summed E-state index contributed by atoms with van der Waals surface area (Å²) in [5.41, 5.74) is 4.93. The standard InChI is InChI=1S/C14H18F4N2/c1-9-3-2-6-20(9)13(8-19)10-4-5-12(15)11(7-10)14(16,17)18/h4-5,7,9,13H,2-3,6,8,19H2,1H3. The molecule has 1 aliphatic rings.